The van der Waals surface area contributed by atoms with Crippen LogP contribution in [0, 0.1) is 0 Å². The van der Waals surface area contributed by atoms with Gasteiger partial charge in [-0.25, -0.2) is 0 Å². The SMILES string of the molecule is CNCC(C)Oc1cccnc1. The second-order valence-corrected chi connectivity index (χ2v) is 2.67. The van der Waals surface area contributed by atoms with E-state index in [0.717, 1.165) is 12.3 Å². The summed E-state index contributed by atoms with van der Waals surface area (Å²) in [6.45, 7) is 2.86. The molecule has 0 aliphatic rings. The first-order chi connectivity index (χ1) is 5.83. The van der Waals surface area contributed by atoms with Gasteiger partial charge in [-0.3, -0.25) is 4.98 Å². The summed E-state index contributed by atoms with van der Waals surface area (Å²) in [7, 11) is 1.91. The van der Waals surface area contributed by atoms with Crippen LogP contribution in [0.25, 0.3) is 0 Å². The van der Waals surface area contributed by atoms with Crippen molar-refractivity contribution < 1.29 is 4.74 Å². The predicted octanol–water partition coefficient (Wildman–Crippen LogP) is 1.07. The normalized spacial score (nSPS) is 12.5. The Morgan fingerprint density at radius 1 is 1.67 bits per heavy atom. The Morgan fingerprint density at radius 3 is 3.08 bits per heavy atom. The summed E-state index contributed by atoms with van der Waals surface area (Å²) >= 11 is 0. The Morgan fingerprint density at radius 2 is 2.50 bits per heavy atom. The van der Waals surface area contributed by atoms with Gasteiger partial charge in [-0.15, -0.1) is 0 Å². The number of nitrogens with zero attached hydrogens (tertiary/aromatic N) is 1. The highest BCUT2D eigenvalue weighted by Gasteiger charge is 2.00. The van der Waals surface area contributed by atoms with Crippen LogP contribution in [0.5, 0.6) is 5.75 Å². The first kappa shape index (κ1) is 9.00. The van der Waals surface area contributed by atoms with Crippen molar-refractivity contribution in [1.82, 2.24) is 10.3 Å². The van der Waals surface area contributed by atoms with Crippen LogP contribution in [-0.2, 0) is 0 Å². The van der Waals surface area contributed by atoms with Crippen molar-refractivity contribution in [2.45, 2.75) is 13.0 Å². The summed E-state index contributed by atoms with van der Waals surface area (Å²) in [6.07, 6.45) is 3.63. The molecule has 0 aliphatic heterocycles. The molecular formula is C9H14N2O. The van der Waals surface area contributed by atoms with E-state index in [1.54, 1.807) is 12.4 Å². The lowest BCUT2D eigenvalue weighted by Gasteiger charge is -2.13. The lowest BCUT2D eigenvalue weighted by Crippen LogP contribution is -2.25. The highest BCUT2D eigenvalue weighted by atomic mass is 16.5. The van der Waals surface area contributed by atoms with Crippen molar-refractivity contribution in [3.63, 3.8) is 0 Å². The molecule has 0 fully saturated rings. The number of ether oxygens (including phenoxy) is 1. The van der Waals surface area contributed by atoms with Gasteiger partial charge in [-0.2, -0.15) is 0 Å². The smallest absolute Gasteiger partial charge is 0.138 e. The van der Waals surface area contributed by atoms with E-state index in [2.05, 4.69) is 10.3 Å². The molecule has 0 bridgehead atoms. The number of aromatic nitrogens is 1. The lowest BCUT2D eigenvalue weighted by atomic mass is 10.4. The van der Waals surface area contributed by atoms with Gasteiger partial charge in [0.25, 0.3) is 0 Å². The van der Waals surface area contributed by atoms with Crippen molar-refractivity contribution in [1.29, 1.82) is 0 Å². The van der Waals surface area contributed by atoms with E-state index in [1.165, 1.54) is 0 Å². The zero-order chi connectivity index (χ0) is 8.81. The number of rotatable bonds is 4. The standard InChI is InChI=1S/C9H14N2O/c1-8(6-10-2)12-9-4-3-5-11-7-9/h3-5,7-8,10H,6H2,1-2H3. The minimum atomic E-state index is 0.180. The van der Waals surface area contributed by atoms with Crippen molar-refractivity contribution in [3.8, 4) is 5.75 Å². The first-order valence-corrected chi connectivity index (χ1v) is 4.04. The van der Waals surface area contributed by atoms with Gasteiger partial charge < -0.3 is 10.1 Å². The zero-order valence-electron chi connectivity index (χ0n) is 7.45. The Kier molecular flexibility index (Phi) is 3.54. The van der Waals surface area contributed by atoms with E-state index >= 15 is 0 Å². The Balaban J connectivity index is 2.41. The van der Waals surface area contributed by atoms with Crippen LogP contribution in [0.15, 0.2) is 24.5 Å². The minimum absolute atomic E-state index is 0.180. The number of nitrogens with one attached hydrogen (secondary N) is 1. The molecule has 0 saturated carbocycles. The number of hydrogen-bond acceptors (Lipinski definition) is 3. The first-order valence-electron chi connectivity index (χ1n) is 4.04. The maximum Gasteiger partial charge on any atom is 0.138 e. The monoisotopic (exact) mass is 166 g/mol. The van der Waals surface area contributed by atoms with Crippen molar-refractivity contribution >= 4 is 0 Å². The predicted molar refractivity (Wildman–Crippen MR) is 48.3 cm³/mol. The maximum absolute atomic E-state index is 5.53. The van der Waals surface area contributed by atoms with Crippen LogP contribution in [-0.4, -0.2) is 24.7 Å². The molecule has 1 aromatic heterocycles. The van der Waals surface area contributed by atoms with Crippen LogP contribution in [0.1, 0.15) is 6.92 Å². The Bertz CT molecular complexity index is 213. The molecule has 3 nitrogen and oxygen atoms in total. The summed E-state index contributed by atoms with van der Waals surface area (Å²) in [5, 5.41) is 3.04. The fraction of sp³-hybridized carbons (Fsp3) is 0.444. The van der Waals surface area contributed by atoms with Crippen LogP contribution >= 0.6 is 0 Å². The second-order valence-electron chi connectivity index (χ2n) is 2.67. The zero-order valence-corrected chi connectivity index (χ0v) is 7.45. The second kappa shape index (κ2) is 4.72. The summed E-state index contributed by atoms with van der Waals surface area (Å²) in [4.78, 5) is 3.95. The third kappa shape index (κ3) is 2.88. The lowest BCUT2D eigenvalue weighted by molar-refractivity contribution is 0.220. The molecule has 0 saturated heterocycles. The van der Waals surface area contributed by atoms with Crippen molar-refractivity contribution in [3.05, 3.63) is 24.5 Å². The van der Waals surface area contributed by atoms with Crippen LogP contribution in [0.4, 0.5) is 0 Å². The van der Waals surface area contributed by atoms with Gasteiger partial charge in [0.2, 0.25) is 0 Å². The molecule has 1 N–H and O–H groups in total. The highest BCUT2D eigenvalue weighted by molar-refractivity contribution is 5.15. The summed E-state index contributed by atoms with van der Waals surface area (Å²) in [5.74, 6) is 0.820. The number of likely N-dealkylation sites (N-methyl/N-ethyl adjacent to an activating group) is 1. The molecule has 1 atom stereocenters. The Labute approximate surface area is 72.8 Å². The molecule has 0 aromatic carbocycles. The highest BCUT2D eigenvalue weighted by Crippen LogP contribution is 2.07. The molecule has 0 spiro atoms. The third-order valence-corrected chi connectivity index (χ3v) is 1.46. The molecular weight excluding hydrogens is 152 g/mol. The van der Waals surface area contributed by atoms with E-state index in [9.17, 15) is 0 Å². The number of pyridine rings is 1. The fourth-order valence-corrected chi connectivity index (χ4v) is 0.978. The van der Waals surface area contributed by atoms with Crippen molar-refractivity contribution in [2.24, 2.45) is 0 Å². The third-order valence-electron chi connectivity index (χ3n) is 1.46. The van der Waals surface area contributed by atoms with Gasteiger partial charge in [0.05, 0.1) is 6.20 Å². The average molecular weight is 166 g/mol. The Hall–Kier alpha value is -1.09. The van der Waals surface area contributed by atoms with Gasteiger partial charge in [0, 0.05) is 12.7 Å². The van der Waals surface area contributed by atoms with Crippen molar-refractivity contribution in [2.75, 3.05) is 13.6 Å². The van der Waals surface area contributed by atoms with E-state index < -0.39 is 0 Å². The molecule has 1 unspecified atom stereocenters. The molecule has 0 aliphatic carbocycles. The topological polar surface area (TPSA) is 34.1 Å². The minimum Gasteiger partial charge on any atom is -0.488 e. The molecule has 1 heterocycles. The fourth-order valence-electron chi connectivity index (χ4n) is 0.978. The van der Waals surface area contributed by atoms with Gasteiger partial charge in [-0.05, 0) is 26.1 Å². The molecule has 12 heavy (non-hydrogen) atoms. The molecule has 0 amide bonds. The van der Waals surface area contributed by atoms with Crippen LogP contribution in [0.2, 0.25) is 0 Å². The summed E-state index contributed by atoms with van der Waals surface area (Å²) < 4.78 is 5.53. The van der Waals surface area contributed by atoms with E-state index in [-0.39, 0.29) is 6.10 Å². The molecule has 66 valence electrons. The molecule has 1 aromatic rings. The summed E-state index contributed by atoms with van der Waals surface area (Å²) in [6, 6.07) is 3.76. The van der Waals surface area contributed by atoms with Gasteiger partial charge >= 0.3 is 0 Å². The average Bonchev–Trinajstić information content (AvgIpc) is 2.06. The van der Waals surface area contributed by atoms with Crippen LogP contribution in [0.3, 0.4) is 0 Å². The largest absolute Gasteiger partial charge is 0.488 e. The summed E-state index contributed by atoms with van der Waals surface area (Å²) in [5.41, 5.74) is 0. The quantitative estimate of drug-likeness (QED) is 0.726. The van der Waals surface area contributed by atoms with Gasteiger partial charge in [-0.1, -0.05) is 0 Å². The van der Waals surface area contributed by atoms with E-state index in [4.69, 9.17) is 4.74 Å². The van der Waals surface area contributed by atoms with Crippen LogP contribution < -0.4 is 10.1 Å². The number of hydrogen-bond donors (Lipinski definition) is 1. The van der Waals surface area contributed by atoms with Gasteiger partial charge in [0.15, 0.2) is 0 Å². The molecule has 1 rings (SSSR count). The van der Waals surface area contributed by atoms with E-state index in [1.807, 2.05) is 26.1 Å². The molecule has 3 heteroatoms. The van der Waals surface area contributed by atoms with Gasteiger partial charge in [0.1, 0.15) is 11.9 Å². The maximum atomic E-state index is 5.53. The van der Waals surface area contributed by atoms with E-state index in [0.29, 0.717) is 0 Å². The molecule has 0 radical (unpaired) electrons.